The van der Waals surface area contributed by atoms with E-state index >= 15 is 0 Å². The van der Waals surface area contributed by atoms with Crippen LogP contribution < -0.4 is 15.4 Å². The summed E-state index contributed by atoms with van der Waals surface area (Å²) in [5.74, 6) is 1.48. The molecular formula is C18H30N2O. The quantitative estimate of drug-likeness (QED) is 0.919. The van der Waals surface area contributed by atoms with Crippen LogP contribution in [0.5, 0.6) is 5.75 Å². The van der Waals surface area contributed by atoms with Gasteiger partial charge in [-0.25, -0.2) is 0 Å². The standard InChI is InChI=1S/C18H30N2O/c1-14-12-17(2,3)10-11-18(14,13-19)20(4)15-6-8-16(21-5)9-7-15/h6-9,14H,10-13,19H2,1-5H3. The molecule has 3 heteroatoms. The van der Waals surface area contributed by atoms with E-state index in [0.29, 0.717) is 17.9 Å². The molecule has 1 aromatic rings. The van der Waals surface area contributed by atoms with E-state index < -0.39 is 0 Å². The van der Waals surface area contributed by atoms with Gasteiger partial charge in [-0.2, -0.15) is 0 Å². The molecule has 1 saturated carbocycles. The first-order valence-electron chi connectivity index (χ1n) is 7.92. The SMILES string of the molecule is COc1ccc(N(C)C2(CN)CCC(C)(C)CC2C)cc1. The van der Waals surface area contributed by atoms with Gasteiger partial charge < -0.3 is 15.4 Å². The molecule has 3 nitrogen and oxygen atoms in total. The first-order chi connectivity index (χ1) is 9.84. The second kappa shape index (κ2) is 5.88. The van der Waals surface area contributed by atoms with E-state index in [0.717, 1.165) is 12.2 Å². The third kappa shape index (κ3) is 3.03. The fourth-order valence-electron chi connectivity index (χ4n) is 3.92. The van der Waals surface area contributed by atoms with E-state index in [2.05, 4.69) is 44.9 Å². The van der Waals surface area contributed by atoms with Crippen molar-refractivity contribution in [2.45, 2.75) is 45.6 Å². The highest BCUT2D eigenvalue weighted by molar-refractivity contribution is 5.51. The van der Waals surface area contributed by atoms with Crippen molar-refractivity contribution in [1.82, 2.24) is 0 Å². The highest BCUT2D eigenvalue weighted by atomic mass is 16.5. The zero-order chi connectivity index (χ0) is 15.7. The lowest BCUT2D eigenvalue weighted by atomic mass is 9.63. The summed E-state index contributed by atoms with van der Waals surface area (Å²) in [6.45, 7) is 7.80. The summed E-state index contributed by atoms with van der Waals surface area (Å²) < 4.78 is 5.25. The third-order valence-electron chi connectivity index (χ3n) is 5.49. The van der Waals surface area contributed by atoms with E-state index in [4.69, 9.17) is 10.5 Å². The number of rotatable bonds is 4. The molecule has 0 aliphatic heterocycles. The molecule has 1 fully saturated rings. The second-order valence-corrected chi connectivity index (χ2v) is 7.33. The summed E-state index contributed by atoms with van der Waals surface area (Å²) in [6, 6.07) is 8.30. The monoisotopic (exact) mass is 290 g/mol. The molecule has 0 bridgehead atoms. The summed E-state index contributed by atoms with van der Waals surface area (Å²) in [5.41, 5.74) is 7.95. The summed E-state index contributed by atoms with van der Waals surface area (Å²) in [6.07, 6.45) is 3.61. The lowest BCUT2D eigenvalue weighted by Gasteiger charge is -2.53. The maximum Gasteiger partial charge on any atom is 0.119 e. The van der Waals surface area contributed by atoms with E-state index in [1.807, 2.05) is 12.1 Å². The molecule has 2 atom stereocenters. The molecule has 2 N–H and O–H groups in total. The average molecular weight is 290 g/mol. The summed E-state index contributed by atoms with van der Waals surface area (Å²) in [7, 11) is 3.88. The van der Waals surface area contributed by atoms with Gasteiger partial charge in [0.05, 0.1) is 12.6 Å². The predicted octanol–water partition coefficient (Wildman–Crippen LogP) is 3.68. The van der Waals surface area contributed by atoms with Gasteiger partial charge >= 0.3 is 0 Å². The summed E-state index contributed by atoms with van der Waals surface area (Å²) in [5, 5.41) is 0. The Kier molecular flexibility index (Phi) is 4.52. The van der Waals surface area contributed by atoms with Crippen molar-refractivity contribution in [3.63, 3.8) is 0 Å². The van der Waals surface area contributed by atoms with Gasteiger partial charge in [-0.1, -0.05) is 20.8 Å². The zero-order valence-electron chi connectivity index (χ0n) is 14.1. The minimum atomic E-state index is 0.0596. The molecule has 118 valence electrons. The van der Waals surface area contributed by atoms with Crippen LogP contribution in [0.3, 0.4) is 0 Å². The fraction of sp³-hybridized carbons (Fsp3) is 0.667. The topological polar surface area (TPSA) is 38.5 Å². The molecule has 0 saturated heterocycles. The Bertz CT molecular complexity index is 469. The fourth-order valence-corrected chi connectivity index (χ4v) is 3.92. The number of methoxy groups -OCH3 is 1. The van der Waals surface area contributed by atoms with Crippen LogP contribution >= 0.6 is 0 Å². The first-order valence-corrected chi connectivity index (χ1v) is 7.92. The first kappa shape index (κ1) is 16.2. The van der Waals surface area contributed by atoms with Crippen LogP contribution in [0.2, 0.25) is 0 Å². The number of ether oxygens (including phenoxy) is 1. The van der Waals surface area contributed by atoms with Crippen molar-refractivity contribution in [3.05, 3.63) is 24.3 Å². The van der Waals surface area contributed by atoms with Crippen molar-refractivity contribution in [1.29, 1.82) is 0 Å². The Balaban J connectivity index is 2.26. The minimum Gasteiger partial charge on any atom is -0.497 e. The van der Waals surface area contributed by atoms with E-state index in [9.17, 15) is 0 Å². The Morgan fingerprint density at radius 2 is 1.86 bits per heavy atom. The molecule has 1 aliphatic carbocycles. The molecule has 1 aliphatic rings. The molecule has 2 unspecified atom stereocenters. The van der Waals surface area contributed by atoms with Crippen LogP contribution in [-0.4, -0.2) is 26.2 Å². The Morgan fingerprint density at radius 3 is 2.33 bits per heavy atom. The Hall–Kier alpha value is -1.22. The predicted molar refractivity (Wildman–Crippen MR) is 90.0 cm³/mol. The maximum atomic E-state index is 6.25. The van der Waals surface area contributed by atoms with E-state index in [-0.39, 0.29) is 5.54 Å². The van der Waals surface area contributed by atoms with Gasteiger partial charge in [0.2, 0.25) is 0 Å². The maximum absolute atomic E-state index is 6.25. The van der Waals surface area contributed by atoms with Gasteiger partial charge in [0.25, 0.3) is 0 Å². The number of likely N-dealkylation sites (N-methyl/N-ethyl adjacent to an activating group) is 1. The van der Waals surface area contributed by atoms with Gasteiger partial charge in [-0.3, -0.25) is 0 Å². The van der Waals surface area contributed by atoms with Gasteiger partial charge in [-0.05, 0) is 54.9 Å². The van der Waals surface area contributed by atoms with Crippen LogP contribution in [0.1, 0.15) is 40.0 Å². The number of hydrogen-bond acceptors (Lipinski definition) is 3. The number of anilines is 1. The lowest BCUT2D eigenvalue weighted by molar-refractivity contribution is 0.103. The Labute approximate surface area is 129 Å². The highest BCUT2D eigenvalue weighted by Gasteiger charge is 2.45. The molecule has 1 aromatic carbocycles. The van der Waals surface area contributed by atoms with Gasteiger partial charge in [0.1, 0.15) is 5.75 Å². The molecular weight excluding hydrogens is 260 g/mol. The number of nitrogens with two attached hydrogens (primary N) is 1. The third-order valence-corrected chi connectivity index (χ3v) is 5.49. The number of hydrogen-bond donors (Lipinski definition) is 1. The van der Waals surface area contributed by atoms with Crippen LogP contribution in [0, 0.1) is 11.3 Å². The van der Waals surface area contributed by atoms with Crippen molar-refractivity contribution < 1.29 is 4.74 Å². The minimum absolute atomic E-state index is 0.0596. The van der Waals surface area contributed by atoms with Crippen molar-refractivity contribution in [2.75, 3.05) is 25.6 Å². The van der Waals surface area contributed by atoms with Crippen molar-refractivity contribution in [3.8, 4) is 5.75 Å². The van der Waals surface area contributed by atoms with Gasteiger partial charge in [0, 0.05) is 19.3 Å². The summed E-state index contributed by atoms with van der Waals surface area (Å²) in [4.78, 5) is 2.40. The molecule has 0 spiro atoms. The normalized spacial score (nSPS) is 28.2. The molecule has 21 heavy (non-hydrogen) atoms. The van der Waals surface area contributed by atoms with Crippen LogP contribution in [0.25, 0.3) is 0 Å². The highest BCUT2D eigenvalue weighted by Crippen LogP contribution is 2.47. The Morgan fingerprint density at radius 1 is 1.24 bits per heavy atom. The second-order valence-electron chi connectivity index (χ2n) is 7.33. The smallest absolute Gasteiger partial charge is 0.119 e. The summed E-state index contributed by atoms with van der Waals surface area (Å²) >= 11 is 0. The lowest BCUT2D eigenvalue weighted by Crippen LogP contribution is -2.60. The zero-order valence-corrected chi connectivity index (χ0v) is 14.1. The molecule has 0 aromatic heterocycles. The largest absolute Gasteiger partial charge is 0.497 e. The molecule has 0 heterocycles. The molecule has 2 rings (SSSR count). The average Bonchev–Trinajstić information content (AvgIpc) is 2.47. The number of benzene rings is 1. The van der Waals surface area contributed by atoms with Crippen LogP contribution in [0.15, 0.2) is 24.3 Å². The molecule has 0 radical (unpaired) electrons. The van der Waals surface area contributed by atoms with Gasteiger partial charge in [0.15, 0.2) is 0 Å². The van der Waals surface area contributed by atoms with E-state index in [1.165, 1.54) is 18.5 Å². The van der Waals surface area contributed by atoms with Crippen LogP contribution in [0.4, 0.5) is 5.69 Å². The van der Waals surface area contributed by atoms with Crippen molar-refractivity contribution >= 4 is 5.69 Å². The molecule has 0 amide bonds. The number of nitrogens with zero attached hydrogens (tertiary/aromatic N) is 1. The van der Waals surface area contributed by atoms with Crippen LogP contribution in [-0.2, 0) is 0 Å². The van der Waals surface area contributed by atoms with E-state index in [1.54, 1.807) is 7.11 Å². The van der Waals surface area contributed by atoms with Gasteiger partial charge in [-0.15, -0.1) is 0 Å². The van der Waals surface area contributed by atoms with Crippen molar-refractivity contribution in [2.24, 2.45) is 17.1 Å².